The van der Waals surface area contributed by atoms with Gasteiger partial charge in [0.05, 0.1) is 26.4 Å². The molecule has 1 aliphatic heterocycles. The van der Waals surface area contributed by atoms with Crippen molar-refractivity contribution in [3.8, 4) is 5.75 Å². The number of benzene rings is 2. The van der Waals surface area contributed by atoms with E-state index in [1.807, 2.05) is 43.3 Å². The van der Waals surface area contributed by atoms with Gasteiger partial charge in [-0.1, -0.05) is 13.0 Å². The number of aromatic nitrogens is 1. The topological polar surface area (TPSA) is 69.8 Å². The molecule has 0 atom stereocenters. The van der Waals surface area contributed by atoms with Gasteiger partial charge in [0.2, 0.25) is 0 Å². The summed E-state index contributed by atoms with van der Waals surface area (Å²) in [4.78, 5) is 20.4. The summed E-state index contributed by atoms with van der Waals surface area (Å²) in [6.45, 7) is 10.0. The van der Waals surface area contributed by atoms with Gasteiger partial charge in [0.15, 0.2) is 5.11 Å². The summed E-state index contributed by atoms with van der Waals surface area (Å²) in [6, 6.07) is 15.9. The predicted octanol–water partition coefficient (Wildman–Crippen LogP) is 4.02. The van der Waals surface area contributed by atoms with E-state index in [-0.39, 0.29) is 5.56 Å². The van der Waals surface area contributed by atoms with Crippen LogP contribution in [-0.2, 0) is 17.7 Å². The maximum atomic E-state index is 12.9. The SMILES string of the molecule is CCOc1ccc(NC(=S)N(CCN2CCOCC2)Cc2cc3cc(CC)ccc3[nH]c2=O)cc1. The highest BCUT2D eigenvalue weighted by Crippen LogP contribution is 2.18. The Bertz CT molecular complexity index is 1190. The number of rotatable bonds is 9. The lowest BCUT2D eigenvalue weighted by molar-refractivity contribution is 0.0358. The quantitative estimate of drug-likeness (QED) is 0.436. The molecule has 35 heavy (non-hydrogen) atoms. The van der Waals surface area contributed by atoms with Crippen molar-refractivity contribution in [3.63, 3.8) is 0 Å². The van der Waals surface area contributed by atoms with Gasteiger partial charge in [0.25, 0.3) is 5.56 Å². The van der Waals surface area contributed by atoms with Gasteiger partial charge in [0, 0.05) is 42.9 Å². The number of aromatic amines is 1. The minimum absolute atomic E-state index is 0.0815. The van der Waals surface area contributed by atoms with E-state index in [0.29, 0.717) is 30.4 Å². The third-order valence-corrected chi connectivity index (χ3v) is 6.61. The zero-order chi connectivity index (χ0) is 24.6. The van der Waals surface area contributed by atoms with Crippen molar-refractivity contribution in [2.24, 2.45) is 0 Å². The Morgan fingerprint density at radius 1 is 1.14 bits per heavy atom. The summed E-state index contributed by atoms with van der Waals surface area (Å²) in [7, 11) is 0. The zero-order valence-electron chi connectivity index (χ0n) is 20.5. The zero-order valence-corrected chi connectivity index (χ0v) is 21.3. The van der Waals surface area contributed by atoms with Crippen molar-refractivity contribution >= 4 is 33.9 Å². The largest absolute Gasteiger partial charge is 0.494 e. The molecule has 4 rings (SSSR count). The predicted molar refractivity (Wildman–Crippen MR) is 145 cm³/mol. The number of anilines is 1. The first-order chi connectivity index (χ1) is 17.1. The molecule has 0 bridgehead atoms. The van der Waals surface area contributed by atoms with Crippen molar-refractivity contribution in [1.29, 1.82) is 0 Å². The van der Waals surface area contributed by atoms with Gasteiger partial charge in [-0.3, -0.25) is 9.69 Å². The normalized spacial score (nSPS) is 14.1. The fourth-order valence-corrected chi connectivity index (χ4v) is 4.46. The van der Waals surface area contributed by atoms with Gasteiger partial charge < -0.3 is 24.7 Å². The van der Waals surface area contributed by atoms with Crippen LogP contribution in [0.25, 0.3) is 10.9 Å². The van der Waals surface area contributed by atoms with Gasteiger partial charge >= 0.3 is 0 Å². The third-order valence-electron chi connectivity index (χ3n) is 6.25. The van der Waals surface area contributed by atoms with Crippen molar-refractivity contribution < 1.29 is 9.47 Å². The number of nitrogens with one attached hydrogen (secondary N) is 2. The van der Waals surface area contributed by atoms with E-state index in [1.54, 1.807) is 0 Å². The molecule has 0 amide bonds. The molecule has 1 fully saturated rings. The maximum Gasteiger partial charge on any atom is 0.253 e. The van der Waals surface area contributed by atoms with E-state index in [2.05, 4.69) is 39.2 Å². The molecule has 1 saturated heterocycles. The number of H-pyrrole nitrogens is 1. The maximum absolute atomic E-state index is 12.9. The van der Waals surface area contributed by atoms with E-state index in [9.17, 15) is 4.79 Å². The molecule has 2 aromatic carbocycles. The van der Waals surface area contributed by atoms with Crippen LogP contribution in [0.15, 0.2) is 53.3 Å². The van der Waals surface area contributed by atoms with E-state index in [1.165, 1.54) is 5.56 Å². The smallest absolute Gasteiger partial charge is 0.253 e. The van der Waals surface area contributed by atoms with Gasteiger partial charge in [-0.2, -0.15) is 0 Å². The number of thiocarbonyl (C=S) groups is 1. The minimum Gasteiger partial charge on any atom is -0.494 e. The van der Waals surface area contributed by atoms with Crippen LogP contribution in [0.3, 0.4) is 0 Å². The first kappa shape index (κ1) is 25.2. The number of ether oxygens (including phenoxy) is 2. The number of hydrogen-bond acceptors (Lipinski definition) is 5. The molecular formula is C27H34N4O3S. The Morgan fingerprint density at radius 2 is 1.91 bits per heavy atom. The second kappa shape index (κ2) is 12.2. The molecule has 1 aliphatic rings. The molecule has 2 N–H and O–H groups in total. The second-order valence-corrected chi connectivity index (χ2v) is 9.05. The van der Waals surface area contributed by atoms with Gasteiger partial charge in [-0.15, -0.1) is 0 Å². The molecule has 1 aromatic heterocycles. The number of hydrogen-bond donors (Lipinski definition) is 2. The van der Waals surface area contributed by atoms with Gasteiger partial charge in [-0.05, 0) is 79.0 Å². The molecule has 186 valence electrons. The Kier molecular flexibility index (Phi) is 8.74. The Hall–Kier alpha value is -2.94. The standard InChI is InChI=1S/C27H34N4O3S/c1-3-20-5-10-25-21(17-20)18-22(26(32)29-25)19-31(12-11-30-13-15-33-16-14-30)27(35)28-23-6-8-24(9-7-23)34-4-2/h5-10,17-18H,3-4,11-16,19H2,1-2H3,(H,28,35)(H,29,32). The molecule has 0 radical (unpaired) electrons. The Morgan fingerprint density at radius 3 is 2.63 bits per heavy atom. The molecule has 0 unspecified atom stereocenters. The molecular weight excluding hydrogens is 460 g/mol. The third kappa shape index (κ3) is 6.81. The summed E-state index contributed by atoms with van der Waals surface area (Å²) in [5, 5.41) is 4.97. The van der Waals surface area contributed by atoms with E-state index >= 15 is 0 Å². The van der Waals surface area contributed by atoms with Crippen LogP contribution in [0.2, 0.25) is 0 Å². The van der Waals surface area contributed by atoms with Crippen molar-refractivity contribution in [2.45, 2.75) is 26.8 Å². The van der Waals surface area contributed by atoms with Crippen LogP contribution < -0.4 is 15.6 Å². The first-order valence-corrected chi connectivity index (χ1v) is 12.7. The van der Waals surface area contributed by atoms with Gasteiger partial charge in [0.1, 0.15) is 5.75 Å². The lowest BCUT2D eigenvalue weighted by Crippen LogP contribution is -2.44. The van der Waals surface area contributed by atoms with Crippen LogP contribution in [0.1, 0.15) is 25.0 Å². The van der Waals surface area contributed by atoms with Gasteiger partial charge in [-0.25, -0.2) is 0 Å². The second-order valence-electron chi connectivity index (χ2n) is 8.66. The van der Waals surface area contributed by atoms with Crippen LogP contribution in [-0.4, -0.2) is 65.9 Å². The molecule has 8 heteroatoms. The van der Waals surface area contributed by atoms with Crippen molar-refractivity contribution in [2.75, 3.05) is 51.3 Å². The number of pyridine rings is 1. The Labute approximate surface area is 212 Å². The molecule has 7 nitrogen and oxygen atoms in total. The average molecular weight is 495 g/mol. The lowest BCUT2D eigenvalue weighted by Gasteiger charge is -2.31. The van der Waals surface area contributed by atoms with Crippen LogP contribution >= 0.6 is 12.2 Å². The summed E-state index contributed by atoms with van der Waals surface area (Å²) in [5.74, 6) is 0.822. The average Bonchev–Trinajstić information content (AvgIpc) is 2.88. The van der Waals surface area contributed by atoms with Crippen LogP contribution in [0.5, 0.6) is 5.75 Å². The van der Waals surface area contributed by atoms with Crippen LogP contribution in [0.4, 0.5) is 5.69 Å². The molecule has 2 heterocycles. The lowest BCUT2D eigenvalue weighted by atomic mass is 10.1. The fraction of sp³-hybridized carbons (Fsp3) is 0.407. The summed E-state index contributed by atoms with van der Waals surface area (Å²) in [6.07, 6.45) is 0.951. The highest BCUT2D eigenvalue weighted by Gasteiger charge is 2.17. The van der Waals surface area contributed by atoms with E-state index in [0.717, 1.165) is 61.6 Å². The summed E-state index contributed by atoms with van der Waals surface area (Å²) < 4.78 is 11.0. The fourth-order valence-electron chi connectivity index (χ4n) is 4.19. The number of aryl methyl sites for hydroxylation is 1. The number of fused-ring (bicyclic) bond motifs is 1. The summed E-state index contributed by atoms with van der Waals surface area (Å²) >= 11 is 5.81. The highest BCUT2D eigenvalue weighted by molar-refractivity contribution is 7.80. The summed E-state index contributed by atoms with van der Waals surface area (Å²) in [5.41, 5.74) is 3.60. The molecule has 0 aliphatic carbocycles. The van der Waals surface area contributed by atoms with E-state index in [4.69, 9.17) is 21.7 Å². The Balaban J connectivity index is 1.54. The van der Waals surface area contributed by atoms with Crippen LogP contribution in [0, 0.1) is 0 Å². The van der Waals surface area contributed by atoms with E-state index < -0.39 is 0 Å². The molecule has 0 saturated carbocycles. The minimum atomic E-state index is -0.0815. The number of morpholine rings is 1. The molecule has 0 spiro atoms. The first-order valence-electron chi connectivity index (χ1n) is 12.3. The van der Waals surface area contributed by atoms with Crippen molar-refractivity contribution in [1.82, 2.24) is 14.8 Å². The monoisotopic (exact) mass is 494 g/mol. The van der Waals surface area contributed by atoms with Crippen molar-refractivity contribution in [3.05, 3.63) is 70.0 Å². The highest BCUT2D eigenvalue weighted by atomic mass is 32.1. The molecule has 3 aromatic rings. The number of nitrogens with zero attached hydrogens (tertiary/aromatic N) is 2.